The molecule has 0 atom stereocenters. The average molecular weight is 492 g/mol. The maximum atomic E-state index is 12.2. The quantitative estimate of drug-likeness (QED) is 0.150. The zero-order chi connectivity index (χ0) is 26.4. The van der Waals surface area contributed by atoms with Crippen LogP contribution in [0, 0.1) is 13.8 Å². The van der Waals surface area contributed by atoms with Crippen molar-refractivity contribution in [3.8, 4) is 11.5 Å². The third-order valence-electron chi connectivity index (χ3n) is 5.66. The number of rotatable bonds is 7. The molecule has 186 valence electrons. The smallest absolute Gasteiger partial charge is 0.308 e. The molecule has 0 aliphatic carbocycles. The molecule has 0 bridgehead atoms. The lowest BCUT2D eigenvalue weighted by molar-refractivity contribution is -0.132. The Balaban J connectivity index is 2.01. The molecule has 0 aliphatic heterocycles. The summed E-state index contributed by atoms with van der Waals surface area (Å²) in [6.07, 6.45) is 3.90. The van der Waals surface area contributed by atoms with Crippen LogP contribution < -0.4 is 14.4 Å². The van der Waals surface area contributed by atoms with Crippen LogP contribution in [0.1, 0.15) is 36.1 Å². The lowest BCUT2D eigenvalue weighted by Gasteiger charge is -2.29. The monoisotopic (exact) mass is 491 g/mol. The summed E-state index contributed by atoms with van der Waals surface area (Å²) in [6.45, 7) is 6.76. The number of hydrogen-bond acceptors (Lipinski definition) is 5. The van der Waals surface area contributed by atoms with Crippen molar-refractivity contribution >= 4 is 41.2 Å². The fraction of sp³-hybridized carbons (Fsp3) is 0.125. The Morgan fingerprint density at radius 1 is 0.676 bits per heavy atom. The Hall–Kier alpha value is -4.64. The van der Waals surface area contributed by atoms with E-state index in [2.05, 4.69) is 0 Å². The van der Waals surface area contributed by atoms with Crippen molar-refractivity contribution in [2.75, 3.05) is 4.90 Å². The Morgan fingerprint density at radius 2 is 1.22 bits per heavy atom. The summed E-state index contributed by atoms with van der Waals surface area (Å²) >= 11 is 0. The van der Waals surface area contributed by atoms with Crippen molar-refractivity contribution < 1.29 is 19.1 Å². The highest BCUT2D eigenvalue weighted by atomic mass is 16.5. The topological polar surface area (TPSA) is 55.8 Å². The summed E-state index contributed by atoms with van der Waals surface area (Å²) in [5, 5.41) is 0. The molecule has 4 rings (SSSR count). The first-order chi connectivity index (χ1) is 17.8. The fourth-order valence-corrected chi connectivity index (χ4v) is 3.97. The molecular formula is C32H29NO4. The molecular weight excluding hydrogens is 462 g/mol. The standard InChI is InChI=1S/C32H29NO4/c1-22-10-16-28(17-11-22)33(29-18-12-23(2)13-19-29)32-27(15-14-26-8-6-5-7-9-26)20-30(36-24(3)34)21-31(32)37-25(4)35/h5-21H,1-4H3. The molecule has 0 fully saturated rings. The van der Waals surface area contributed by atoms with E-state index < -0.39 is 11.9 Å². The van der Waals surface area contributed by atoms with Crippen LogP contribution in [0.2, 0.25) is 0 Å². The van der Waals surface area contributed by atoms with Gasteiger partial charge >= 0.3 is 11.9 Å². The van der Waals surface area contributed by atoms with Crippen LogP contribution in [-0.4, -0.2) is 11.9 Å². The molecule has 4 aromatic carbocycles. The zero-order valence-corrected chi connectivity index (χ0v) is 21.4. The van der Waals surface area contributed by atoms with Gasteiger partial charge in [0.15, 0.2) is 5.75 Å². The highest BCUT2D eigenvalue weighted by molar-refractivity contribution is 5.91. The molecule has 0 spiro atoms. The minimum Gasteiger partial charge on any atom is -0.427 e. The predicted molar refractivity (Wildman–Crippen MR) is 149 cm³/mol. The number of hydrogen-bond donors (Lipinski definition) is 0. The molecule has 0 unspecified atom stereocenters. The minimum absolute atomic E-state index is 0.278. The Labute approximate surface area is 217 Å². The molecule has 5 heteroatoms. The van der Waals surface area contributed by atoms with E-state index in [-0.39, 0.29) is 11.5 Å². The van der Waals surface area contributed by atoms with Crippen molar-refractivity contribution in [1.29, 1.82) is 0 Å². The van der Waals surface area contributed by atoms with Gasteiger partial charge in [0, 0.05) is 36.9 Å². The van der Waals surface area contributed by atoms with E-state index >= 15 is 0 Å². The van der Waals surface area contributed by atoms with E-state index in [9.17, 15) is 9.59 Å². The van der Waals surface area contributed by atoms with Gasteiger partial charge in [-0.1, -0.05) is 77.9 Å². The van der Waals surface area contributed by atoms with Gasteiger partial charge in [0.1, 0.15) is 5.75 Å². The molecule has 0 amide bonds. The molecule has 0 saturated heterocycles. The summed E-state index contributed by atoms with van der Waals surface area (Å²) in [5.74, 6) is -0.381. The number of anilines is 3. The SMILES string of the molecule is CC(=O)Oc1cc(C=Cc2ccccc2)c(N(c2ccc(C)cc2)c2ccc(C)cc2)c(OC(C)=O)c1. The van der Waals surface area contributed by atoms with Crippen LogP contribution in [0.15, 0.2) is 91.0 Å². The summed E-state index contributed by atoms with van der Waals surface area (Å²) in [5.41, 5.74) is 6.38. The van der Waals surface area contributed by atoms with Gasteiger partial charge in [0.2, 0.25) is 0 Å². The van der Waals surface area contributed by atoms with Gasteiger partial charge in [-0.2, -0.15) is 0 Å². The molecule has 4 aromatic rings. The van der Waals surface area contributed by atoms with E-state index in [1.807, 2.05) is 110 Å². The normalized spacial score (nSPS) is 10.8. The molecule has 0 aliphatic rings. The van der Waals surface area contributed by atoms with Gasteiger partial charge in [-0.3, -0.25) is 9.59 Å². The first-order valence-electron chi connectivity index (χ1n) is 12.0. The predicted octanol–water partition coefficient (Wildman–Crippen LogP) is 7.79. The summed E-state index contributed by atoms with van der Waals surface area (Å²) in [4.78, 5) is 26.1. The second kappa shape index (κ2) is 11.4. The van der Waals surface area contributed by atoms with E-state index in [0.29, 0.717) is 11.3 Å². The van der Waals surface area contributed by atoms with Gasteiger partial charge in [-0.25, -0.2) is 0 Å². The number of carbonyl (C=O) groups is 2. The van der Waals surface area contributed by atoms with Crippen LogP contribution in [0.3, 0.4) is 0 Å². The summed E-state index contributed by atoms with van der Waals surface area (Å²) < 4.78 is 11.2. The third-order valence-corrected chi connectivity index (χ3v) is 5.66. The van der Waals surface area contributed by atoms with Crippen molar-refractivity contribution in [3.63, 3.8) is 0 Å². The second-order valence-electron chi connectivity index (χ2n) is 8.80. The highest BCUT2D eigenvalue weighted by Crippen LogP contribution is 2.45. The molecule has 37 heavy (non-hydrogen) atoms. The number of benzene rings is 4. The van der Waals surface area contributed by atoms with Crippen molar-refractivity contribution in [3.05, 3.63) is 113 Å². The first-order valence-corrected chi connectivity index (χ1v) is 12.0. The van der Waals surface area contributed by atoms with Crippen LogP contribution in [0.25, 0.3) is 12.2 Å². The van der Waals surface area contributed by atoms with Gasteiger partial charge < -0.3 is 14.4 Å². The molecule has 0 saturated carbocycles. The lowest BCUT2D eigenvalue weighted by Crippen LogP contribution is -2.15. The maximum absolute atomic E-state index is 12.2. The van der Waals surface area contributed by atoms with E-state index in [4.69, 9.17) is 9.47 Å². The number of nitrogens with zero attached hydrogens (tertiary/aromatic N) is 1. The highest BCUT2D eigenvalue weighted by Gasteiger charge is 2.23. The number of ether oxygens (including phenoxy) is 2. The Kier molecular flexibility index (Phi) is 7.84. The van der Waals surface area contributed by atoms with E-state index in [1.54, 1.807) is 12.1 Å². The van der Waals surface area contributed by atoms with Gasteiger partial charge in [0.25, 0.3) is 0 Å². The number of esters is 2. The van der Waals surface area contributed by atoms with Crippen molar-refractivity contribution in [1.82, 2.24) is 0 Å². The number of carbonyl (C=O) groups excluding carboxylic acids is 2. The Bertz CT molecular complexity index is 1380. The molecule has 0 radical (unpaired) electrons. The van der Waals surface area contributed by atoms with Gasteiger partial charge in [-0.15, -0.1) is 0 Å². The summed E-state index contributed by atoms with van der Waals surface area (Å²) in [7, 11) is 0. The first kappa shape index (κ1) is 25.5. The zero-order valence-electron chi connectivity index (χ0n) is 21.4. The molecule has 0 aromatic heterocycles. The summed E-state index contributed by atoms with van der Waals surface area (Å²) in [6, 6.07) is 29.5. The van der Waals surface area contributed by atoms with Crippen LogP contribution in [0.4, 0.5) is 17.1 Å². The second-order valence-corrected chi connectivity index (χ2v) is 8.80. The van der Waals surface area contributed by atoms with Crippen LogP contribution in [0.5, 0.6) is 11.5 Å². The lowest BCUT2D eigenvalue weighted by atomic mass is 10.0. The molecule has 5 nitrogen and oxygen atoms in total. The third kappa shape index (κ3) is 6.53. The minimum atomic E-state index is -0.480. The van der Waals surface area contributed by atoms with Crippen LogP contribution in [-0.2, 0) is 9.59 Å². The Morgan fingerprint density at radius 3 is 1.73 bits per heavy atom. The van der Waals surface area contributed by atoms with Gasteiger partial charge in [-0.05, 0) is 49.7 Å². The van der Waals surface area contributed by atoms with E-state index in [0.717, 1.165) is 28.1 Å². The average Bonchev–Trinajstić information content (AvgIpc) is 2.86. The number of aryl methyl sites for hydroxylation is 2. The largest absolute Gasteiger partial charge is 0.427 e. The maximum Gasteiger partial charge on any atom is 0.308 e. The molecule has 0 N–H and O–H groups in total. The van der Waals surface area contributed by atoms with E-state index in [1.165, 1.54) is 13.8 Å². The van der Waals surface area contributed by atoms with Crippen molar-refractivity contribution in [2.45, 2.75) is 27.7 Å². The molecule has 0 heterocycles. The van der Waals surface area contributed by atoms with Crippen molar-refractivity contribution in [2.24, 2.45) is 0 Å². The fourth-order valence-electron chi connectivity index (χ4n) is 3.97. The van der Waals surface area contributed by atoms with Crippen LogP contribution >= 0.6 is 0 Å². The van der Waals surface area contributed by atoms with Gasteiger partial charge in [0.05, 0.1) is 5.69 Å².